The zero-order valence-electron chi connectivity index (χ0n) is 10.2. The quantitative estimate of drug-likeness (QED) is 0.743. The Bertz CT molecular complexity index is 467. The number of methoxy groups -OCH3 is 1. The molecular formula is C12H14Br2N2O2. The maximum Gasteiger partial charge on any atom is 0.310 e. The van der Waals surface area contributed by atoms with Crippen molar-refractivity contribution in [2.45, 2.75) is 6.92 Å². The van der Waals surface area contributed by atoms with Gasteiger partial charge in [-0.2, -0.15) is 0 Å². The molecule has 0 spiro atoms. The molecule has 0 aromatic carbocycles. The summed E-state index contributed by atoms with van der Waals surface area (Å²) in [5.74, 6) is 0.928. The summed E-state index contributed by atoms with van der Waals surface area (Å²) >= 11 is 6.88. The van der Waals surface area contributed by atoms with E-state index < -0.39 is 0 Å². The van der Waals surface area contributed by atoms with Crippen LogP contribution in [0.4, 0.5) is 5.82 Å². The topological polar surface area (TPSA) is 42.4 Å². The van der Waals surface area contributed by atoms with Gasteiger partial charge in [0.15, 0.2) is 0 Å². The summed E-state index contributed by atoms with van der Waals surface area (Å²) in [5.41, 5.74) is 0. The van der Waals surface area contributed by atoms with E-state index in [-0.39, 0.29) is 17.8 Å². The normalized spacial score (nSPS) is 23.2. The van der Waals surface area contributed by atoms with Gasteiger partial charge in [-0.15, -0.1) is 0 Å². The molecule has 1 aliphatic heterocycles. The monoisotopic (exact) mass is 376 g/mol. The van der Waals surface area contributed by atoms with E-state index in [2.05, 4.69) is 48.7 Å². The first-order valence-corrected chi connectivity index (χ1v) is 7.25. The number of anilines is 1. The van der Waals surface area contributed by atoms with Crippen molar-refractivity contribution in [3.8, 4) is 0 Å². The third kappa shape index (κ3) is 2.69. The van der Waals surface area contributed by atoms with E-state index in [1.54, 1.807) is 6.20 Å². The number of carbonyl (C=O) groups is 1. The molecule has 1 saturated heterocycles. The van der Waals surface area contributed by atoms with Crippen molar-refractivity contribution in [1.82, 2.24) is 4.98 Å². The number of aromatic nitrogens is 1. The van der Waals surface area contributed by atoms with Crippen molar-refractivity contribution in [2.24, 2.45) is 11.8 Å². The molecule has 2 atom stereocenters. The summed E-state index contributed by atoms with van der Waals surface area (Å²) in [4.78, 5) is 18.2. The number of esters is 1. The summed E-state index contributed by atoms with van der Waals surface area (Å²) in [6.07, 6.45) is 1.76. The van der Waals surface area contributed by atoms with E-state index in [9.17, 15) is 4.79 Å². The Balaban J connectivity index is 2.19. The van der Waals surface area contributed by atoms with Gasteiger partial charge in [0.05, 0.1) is 17.5 Å². The van der Waals surface area contributed by atoms with Crippen molar-refractivity contribution in [3.05, 3.63) is 21.2 Å². The molecule has 1 aromatic heterocycles. The average Bonchev–Trinajstić information content (AvgIpc) is 2.70. The molecule has 0 N–H and O–H groups in total. The van der Waals surface area contributed by atoms with Crippen LogP contribution in [-0.4, -0.2) is 31.2 Å². The van der Waals surface area contributed by atoms with Gasteiger partial charge in [0, 0.05) is 23.8 Å². The van der Waals surface area contributed by atoms with Gasteiger partial charge < -0.3 is 9.64 Å². The minimum Gasteiger partial charge on any atom is -0.469 e. The van der Waals surface area contributed by atoms with Crippen molar-refractivity contribution < 1.29 is 9.53 Å². The van der Waals surface area contributed by atoms with E-state index in [0.29, 0.717) is 6.54 Å². The predicted molar refractivity (Wildman–Crippen MR) is 76.5 cm³/mol. The molecule has 18 heavy (non-hydrogen) atoms. The number of halogens is 2. The van der Waals surface area contributed by atoms with Crippen LogP contribution >= 0.6 is 31.9 Å². The minimum absolute atomic E-state index is 0.0765. The highest BCUT2D eigenvalue weighted by Gasteiger charge is 2.36. The van der Waals surface area contributed by atoms with Crippen LogP contribution < -0.4 is 4.90 Å². The standard InChI is InChI=1S/C12H14Br2N2O2/c1-7-5-16(6-9(7)12(17)18-2)11-10(14)3-8(13)4-15-11/h3-4,7,9H,5-6H2,1-2H3. The third-order valence-corrected chi connectivity index (χ3v) is 4.22. The zero-order chi connectivity index (χ0) is 13.3. The summed E-state index contributed by atoms with van der Waals surface area (Å²) in [6, 6.07) is 1.96. The summed E-state index contributed by atoms with van der Waals surface area (Å²) < 4.78 is 6.68. The lowest BCUT2D eigenvalue weighted by Crippen LogP contribution is -2.25. The molecule has 6 heteroatoms. The average molecular weight is 378 g/mol. The smallest absolute Gasteiger partial charge is 0.310 e. The number of rotatable bonds is 2. The molecule has 98 valence electrons. The number of nitrogens with zero attached hydrogens (tertiary/aromatic N) is 2. The van der Waals surface area contributed by atoms with Crippen LogP contribution in [0.15, 0.2) is 21.2 Å². The van der Waals surface area contributed by atoms with Gasteiger partial charge in [0.2, 0.25) is 0 Å². The largest absolute Gasteiger partial charge is 0.469 e. The Morgan fingerprint density at radius 3 is 2.83 bits per heavy atom. The van der Waals surface area contributed by atoms with Crippen LogP contribution in [0.1, 0.15) is 6.92 Å². The molecule has 0 aliphatic carbocycles. The second-order valence-electron chi connectivity index (χ2n) is 4.47. The summed E-state index contributed by atoms with van der Waals surface area (Å²) in [6.45, 7) is 3.53. The Kier molecular flexibility index (Phi) is 4.27. The lowest BCUT2D eigenvalue weighted by atomic mass is 9.99. The van der Waals surface area contributed by atoms with Gasteiger partial charge in [0.25, 0.3) is 0 Å². The Labute approximate surface area is 123 Å². The molecule has 0 bridgehead atoms. The van der Waals surface area contributed by atoms with Crippen molar-refractivity contribution in [2.75, 3.05) is 25.1 Å². The Morgan fingerprint density at radius 2 is 2.22 bits per heavy atom. The fraction of sp³-hybridized carbons (Fsp3) is 0.500. The van der Waals surface area contributed by atoms with E-state index in [1.807, 2.05) is 6.07 Å². The first-order valence-electron chi connectivity index (χ1n) is 5.66. The van der Waals surface area contributed by atoms with E-state index in [4.69, 9.17) is 4.74 Å². The Morgan fingerprint density at radius 1 is 1.50 bits per heavy atom. The highest BCUT2D eigenvalue weighted by atomic mass is 79.9. The fourth-order valence-electron chi connectivity index (χ4n) is 2.24. The number of carbonyl (C=O) groups excluding carboxylic acids is 1. The lowest BCUT2D eigenvalue weighted by Gasteiger charge is -2.18. The second-order valence-corrected chi connectivity index (χ2v) is 6.24. The van der Waals surface area contributed by atoms with Gasteiger partial charge in [-0.3, -0.25) is 4.79 Å². The third-order valence-electron chi connectivity index (χ3n) is 3.20. The predicted octanol–water partition coefficient (Wildman–Crippen LogP) is 2.85. The van der Waals surface area contributed by atoms with E-state index >= 15 is 0 Å². The maximum absolute atomic E-state index is 11.7. The molecule has 0 saturated carbocycles. The molecule has 2 rings (SSSR count). The maximum atomic E-state index is 11.7. The summed E-state index contributed by atoms with van der Waals surface area (Å²) in [5, 5.41) is 0. The van der Waals surface area contributed by atoms with Crippen LogP contribution in [-0.2, 0) is 9.53 Å². The number of hydrogen-bond acceptors (Lipinski definition) is 4. The van der Waals surface area contributed by atoms with Crippen LogP contribution in [0.2, 0.25) is 0 Å². The molecule has 0 radical (unpaired) electrons. The van der Waals surface area contributed by atoms with Crippen LogP contribution in [0.5, 0.6) is 0 Å². The van der Waals surface area contributed by atoms with Gasteiger partial charge >= 0.3 is 5.97 Å². The van der Waals surface area contributed by atoms with Crippen LogP contribution in [0.3, 0.4) is 0 Å². The first kappa shape index (κ1) is 13.8. The van der Waals surface area contributed by atoms with Gasteiger partial charge in [-0.05, 0) is 43.8 Å². The van der Waals surface area contributed by atoms with Crippen molar-refractivity contribution >= 4 is 43.6 Å². The molecule has 1 fully saturated rings. The first-order chi connectivity index (χ1) is 8.52. The Hall–Kier alpha value is -0.620. The molecule has 1 aromatic rings. The molecule has 0 amide bonds. The lowest BCUT2D eigenvalue weighted by molar-refractivity contribution is -0.145. The van der Waals surface area contributed by atoms with Crippen LogP contribution in [0, 0.1) is 11.8 Å². The molecule has 1 aliphatic rings. The minimum atomic E-state index is -0.141. The second kappa shape index (κ2) is 5.57. The SMILES string of the molecule is COC(=O)C1CN(c2ncc(Br)cc2Br)CC1C. The molecule has 2 heterocycles. The van der Waals surface area contributed by atoms with Gasteiger partial charge in [0.1, 0.15) is 5.82 Å². The molecule has 2 unspecified atom stereocenters. The highest BCUT2D eigenvalue weighted by molar-refractivity contribution is 9.11. The fourth-order valence-corrected chi connectivity index (χ4v) is 3.48. The summed E-state index contributed by atoms with van der Waals surface area (Å²) in [7, 11) is 1.44. The zero-order valence-corrected chi connectivity index (χ0v) is 13.4. The highest BCUT2D eigenvalue weighted by Crippen LogP contribution is 2.33. The van der Waals surface area contributed by atoms with E-state index in [0.717, 1.165) is 21.3 Å². The van der Waals surface area contributed by atoms with Gasteiger partial charge in [-0.25, -0.2) is 4.98 Å². The van der Waals surface area contributed by atoms with Gasteiger partial charge in [-0.1, -0.05) is 6.92 Å². The van der Waals surface area contributed by atoms with Crippen molar-refractivity contribution in [3.63, 3.8) is 0 Å². The van der Waals surface area contributed by atoms with E-state index in [1.165, 1.54) is 7.11 Å². The molecule has 4 nitrogen and oxygen atoms in total. The number of hydrogen-bond donors (Lipinski definition) is 0. The molecular weight excluding hydrogens is 364 g/mol. The number of pyridine rings is 1. The van der Waals surface area contributed by atoms with Crippen molar-refractivity contribution in [1.29, 1.82) is 0 Å². The van der Waals surface area contributed by atoms with Crippen LogP contribution in [0.25, 0.3) is 0 Å². The number of ether oxygens (including phenoxy) is 1.